The van der Waals surface area contributed by atoms with Crippen LogP contribution in [0.1, 0.15) is 28.8 Å². The van der Waals surface area contributed by atoms with Gasteiger partial charge >= 0.3 is 0 Å². The Hall–Kier alpha value is -2.68. The Morgan fingerprint density at radius 3 is 2.16 bits per heavy atom. The third-order valence-corrected chi connectivity index (χ3v) is 7.67. The number of hydrogen-bond acceptors (Lipinski definition) is 4. The second-order valence-corrected chi connectivity index (χ2v) is 10.3. The minimum Gasteiger partial charge on any atom is -0.349 e. The van der Waals surface area contributed by atoms with Crippen molar-refractivity contribution in [1.82, 2.24) is 14.5 Å². The molecule has 2 aromatic carbocycles. The molecule has 2 fully saturated rings. The molecule has 4 rings (SSSR count). The lowest BCUT2D eigenvalue weighted by molar-refractivity contribution is -0.127. The van der Waals surface area contributed by atoms with Crippen molar-refractivity contribution in [2.75, 3.05) is 26.2 Å². The summed E-state index contributed by atoms with van der Waals surface area (Å²) in [7, 11) is -3.61. The molecule has 2 aromatic rings. The normalized spacial score (nSPS) is 17.5. The van der Waals surface area contributed by atoms with Gasteiger partial charge in [-0.3, -0.25) is 9.59 Å². The molecule has 0 unspecified atom stereocenters. The number of sulfonamides is 1. The Bertz CT molecular complexity index is 1120. The van der Waals surface area contributed by atoms with Crippen molar-refractivity contribution in [2.24, 2.45) is 0 Å². The predicted molar refractivity (Wildman–Crippen MR) is 123 cm³/mol. The van der Waals surface area contributed by atoms with Crippen molar-refractivity contribution in [1.29, 1.82) is 0 Å². The Morgan fingerprint density at radius 1 is 0.938 bits per heavy atom. The molecule has 9 heteroatoms. The molecule has 1 aliphatic carbocycles. The van der Waals surface area contributed by atoms with Gasteiger partial charge in [0, 0.05) is 48.9 Å². The van der Waals surface area contributed by atoms with E-state index in [0.29, 0.717) is 29.7 Å². The summed E-state index contributed by atoms with van der Waals surface area (Å²) in [6.45, 7) is 1.09. The quantitative estimate of drug-likeness (QED) is 0.653. The largest absolute Gasteiger partial charge is 0.349 e. The molecule has 1 saturated carbocycles. The lowest BCUT2D eigenvalue weighted by Gasteiger charge is -2.33. The molecule has 168 valence electrons. The fourth-order valence-electron chi connectivity index (χ4n) is 3.42. The second kappa shape index (κ2) is 9.44. The minimum atomic E-state index is -3.61. The smallest absolute Gasteiger partial charge is 0.251 e. The third-order valence-electron chi connectivity index (χ3n) is 5.51. The standard InChI is InChI=1S/C23H24ClN3O4S/c24-19-6-10-21(11-7-19)32(30,31)27-15-13-26(14-16-27)22(28)12-3-17-1-4-18(5-2-17)23(29)25-20-8-9-20/h1-7,10-12,20H,8-9,13-16H2,(H,25,29)/b12-3+. The fourth-order valence-corrected chi connectivity index (χ4v) is 4.97. The Balaban J connectivity index is 1.30. The number of halogens is 1. The van der Waals surface area contributed by atoms with Crippen LogP contribution in [0.2, 0.25) is 5.02 Å². The summed E-state index contributed by atoms with van der Waals surface area (Å²) in [4.78, 5) is 26.4. The van der Waals surface area contributed by atoms with E-state index in [0.717, 1.165) is 18.4 Å². The van der Waals surface area contributed by atoms with Crippen molar-refractivity contribution in [3.8, 4) is 0 Å². The summed E-state index contributed by atoms with van der Waals surface area (Å²) in [5, 5.41) is 3.41. The van der Waals surface area contributed by atoms with Crippen LogP contribution in [-0.2, 0) is 14.8 Å². The Kier molecular flexibility index (Phi) is 6.64. The van der Waals surface area contributed by atoms with Crippen LogP contribution < -0.4 is 5.32 Å². The van der Waals surface area contributed by atoms with Gasteiger partial charge in [-0.25, -0.2) is 8.42 Å². The molecule has 1 aliphatic heterocycles. The molecule has 0 atom stereocenters. The minimum absolute atomic E-state index is 0.0782. The number of amides is 2. The van der Waals surface area contributed by atoms with Crippen LogP contribution in [0.3, 0.4) is 0 Å². The monoisotopic (exact) mass is 473 g/mol. The average Bonchev–Trinajstić information content (AvgIpc) is 3.62. The van der Waals surface area contributed by atoms with Crippen molar-refractivity contribution in [3.63, 3.8) is 0 Å². The SMILES string of the molecule is O=C(NC1CC1)c1ccc(/C=C/C(=O)N2CCN(S(=O)(=O)c3ccc(Cl)cc3)CC2)cc1. The molecule has 1 N–H and O–H groups in total. The zero-order valence-corrected chi connectivity index (χ0v) is 19.0. The van der Waals surface area contributed by atoms with Gasteiger partial charge in [-0.2, -0.15) is 4.31 Å². The molecule has 0 aromatic heterocycles. The van der Waals surface area contributed by atoms with Crippen LogP contribution in [0.5, 0.6) is 0 Å². The van der Waals surface area contributed by atoms with Gasteiger partial charge in [-0.15, -0.1) is 0 Å². The zero-order chi connectivity index (χ0) is 22.7. The topological polar surface area (TPSA) is 86.8 Å². The molecule has 1 heterocycles. The van der Waals surface area contributed by atoms with Crippen molar-refractivity contribution in [2.45, 2.75) is 23.8 Å². The highest BCUT2D eigenvalue weighted by Crippen LogP contribution is 2.21. The molecule has 0 spiro atoms. The number of piperazine rings is 1. The number of carbonyl (C=O) groups is 2. The van der Waals surface area contributed by atoms with Crippen LogP contribution >= 0.6 is 11.6 Å². The molecule has 2 amide bonds. The van der Waals surface area contributed by atoms with Gasteiger partial charge in [0.15, 0.2) is 0 Å². The van der Waals surface area contributed by atoms with E-state index in [1.807, 2.05) is 0 Å². The second-order valence-electron chi connectivity index (χ2n) is 7.89. The van der Waals surface area contributed by atoms with Crippen molar-refractivity contribution < 1.29 is 18.0 Å². The van der Waals surface area contributed by atoms with E-state index in [2.05, 4.69) is 5.32 Å². The molecule has 0 bridgehead atoms. The summed E-state index contributed by atoms with van der Waals surface area (Å²) in [6, 6.07) is 13.4. The van der Waals surface area contributed by atoms with Gasteiger partial charge in [0.25, 0.3) is 5.91 Å². The van der Waals surface area contributed by atoms with Gasteiger partial charge in [0.05, 0.1) is 4.90 Å². The first kappa shape index (κ1) is 22.5. The molecule has 2 aliphatic rings. The van der Waals surface area contributed by atoms with Gasteiger partial charge in [-0.05, 0) is 60.9 Å². The van der Waals surface area contributed by atoms with Crippen LogP contribution in [0.15, 0.2) is 59.5 Å². The summed E-state index contributed by atoms with van der Waals surface area (Å²) >= 11 is 5.84. The van der Waals surface area contributed by atoms with E-state index in [1.54, 1.807) is 47.4 Å². The van der Waals surface area contributed by atoms with Gasteiger partial charge in [0.1, 0.15) is 0 Å². The molecular formula is C23H24ClN3O4S. The van der Waals surface area contributed by atoms with Crippen LogP contribution in [-0.4, -0.2) is 61.7 Å². The van der Waals surface area contributed by atoms with E-state index >= 15 is 0 Å². The molecule has 32 heavy (non-hydrogen) atoms. The van der Waals surface area contributed by atoms with Crippen molar-refractivity contribution >= 4 is 39.5 Å². The maximum absolute atomic E-state index is 12.8. The molecule has 0 radical (unpaired) electrons. The summed E-state index contributed by atoms with van der Waals surface area (Å²) in [5.41, 5.74) is 1.41. The lowest BCUT2D eigenvalue weighted by atomic mass is 10.1. The van der Waals surface area contributed by atoms with Crippen LogP contribution in [0, 0.1) is 0 Å². The Morgan fingerprint density at radius 2 is 1.56 bits per heavy atom. The molecular weight excluding hydrogens is 450 g/mol. The average molecular weight is 474 g/mol. The third kappa shape index (κ3) is 5.38. The lowest BCUT2D eigenvalue weighted by Crippen LogP contribution is -2.50. The van der Waals surface area contributed by atoms with E-state index in [4.69, 9.17) is 11.6 Å². The first-order valence-corrected chi connectivity index (χ1v) is 12.3. The highest BCUT2D eigenvalue weighted by molar-refractivity contribution is 7.89. The molecule has 7 nitrogen and oxygen atoms in total. The first-order valence-electron chi connectivity index (χ1n) is 10.5. The van der Waals surface area contributed by atoms with E-state index < -0.39 is 10.0 Å². The maximum atomic E-state index is 12.8. The zero-order valence-electron chi connectivity index (χ0n) is 17.4. The number of carbonyl (C=O) groups excluding carboxylic acids is 2. The Labute approximate surface area is 192 Å². The van der Waals surface area contributed by atoms with E-state index in [9.17, 15) is 18.0 Å². The fraction of sp³-hybridized carbons (Fsp3) is 0.304. The van der Waals surface area contributed by atoms with E-state index in [-0.39, 0.29) is 29.8 Å². The summed E-state index contributed by atoms with van der Waals surface area (Å²) in [6.07, 6.45) is 5.25. The summed E-state index contributed by atoms with van der Waals surface area (Å²) in [5.74, 6) is -0.255. The number of nitrogens with zero attached hydrogens (tertiary/aromatic N) is 2. The molecule has 1 saturated heterocycles. The highest BCUT2D eigenvalue weighted by atomic mass is 35.5. The van der Waals surface area contributed by atoms with Gasteiger partial charge < -0.3 is 10.2 Å². The van der Waals surface area contributed by atoms with Crippen LogP contribution in [0.4, 0.5) is 0 Å². The van der Waals surface area contributed by atoms with Gasteiger partial charge in [-0.1, -0.05) is 23.7 Å². The number of benzene rings is 2. The van der Waals surface area contributed by atoms with E-state index in [1.165, 1.54) is 22.5 Å². The van der Waals surface area contributed by atoms with Crippen molar-refractivity contribution in [3.05, 3.63) is 70.8 Å². The highest BCUT2D eigenvalue weighted by Gasteiger charge is 2.29. The summed E-state index contributed by atoms with van der Waals surface area (Å²) < 4.78 is 26.9. The number of rotatable bonds is 6. The predicted octanol–water partition coefficient (Wildman–Crippen LogP) is 2.78. The van der Waals surface area contributed by atoms with Crippen LogP contribution in [0.25, 0.3) is 6.08 Å². The number of nitrogens with one attached hydrogen (secondary N) is 1. The maximum Gasteiger partial charge on any atom is 0.251 e. The number of hydrogen-bond donors (Lipinski definition) is 1. The first-order chi connectivity index (χ1) is 15.3. The van der Waals surface area contributed by atoms with Gasteiger partial charge in [0.2, 0.25) is 15.9 Å².